The van der Waals surface area contributed by atoms with Crippen LogP contribution >= 0.6 is 0 Å². The Morgan fingerprint density at radius 3 is 2.10 bits per heavy atom. The number of carbonyl (C=O) groups is 2. The van der Waals surface area contributed by atoms with Gasteiger partial charge in [0.05, 0.1) is 7.11 Å². The van der Waals surface area contributed by atoms with Crippen LogP contribution < -0.4 is 9.47 Å². The van der Waals surface area contributed by atoms with E-state index in [1.807, 2.05) is 0 Å². The predicted molar refractivity (Wildman–Crippen MR) is 75.1 cm³/mol. The van der Waals surface area contributed by atoms with E-state index >= 15 is 0 Å². The summed E-state index contributed by atoms with van der Waals surface area (Å²) in [5, 5.41) is 9.92. The Morgan fingerprint density at radius 2 is 1.62 bits per heavy atom. The summed E-state index contributed by atoms with van der Waals surface area (Å²) in [6.07, 6.45) is 0.436. The Morgan fingerprint density at radius 1 is 1.10 bits per heavy atom. The molecule has 0 aliphatic heterocycles. The Bertz CT molecular complexity index is 475. The number of benzene rings is 1. The fourth-order valence-corrected chi connectivity index (χ4v) is 1.60. The molecule has 116 valence electrons. The molecule has 1 aromatic carbocycles. The molecule has 6 nitrogen and oxygen atoms in total. The maximum Gasteiger partial charge on any atom is 0.349 e. The number of methoxy groups -OCH3 is 1. The molecule has 21 heavy (non-hydrogen) atoms. The lowest BCUT2D eigenvalue weighted by molar-refractivity contribution is -0.170. The zero-order valence-electron chi connectivity index (χ0n) is 12.4. The minimum Gasteiger partial charge on any atom is -0.497 e. The van der Waals surface area contributed by atoms with Crippen molar-refractivity contribution in [1.29, 1.82) is 0 Å². The smallest absolute Gasteiger partial charge is 0.349 e. The highest BCUT2D eigenvalue weighted by molar-refractivity contribution is 5.82. The van der Waals surface area contributed by atoms with Gasteiger partial charge in [-0.2, -0.15) is 0 Å². The molecule has 0 fully saturated rings. The van der Waals surface area contributed by atoms with Gasteiger partial charge in [0.25, 0.3) is 0 Å². The molecule has 0 atom stereocenters. The van der Waals surface area contributed by atoms with E-state index in [1.165, 1.54) is 7.11 Å². The molecule has 0 unspecified atom stereocenters. The van der Waals surface area contributed by atoms with Gasteiger partial charge < -0.3 is 19.3 Å². The minimum absolute atomic E-state index is 0.218. The van der Waals surface area contributed by atoms with Crippen LogP contribution in [0, 0.1) is 0 Å². The molecule has 6 heteroatoms. The standard InChI is InChI=1S/C15H20O6/c1-4-15(18,5-2)14(17)20-10-13(16)21-12-8-6-11(19-3)7-9-12/h6-9,18H,4-5,10H2,1-3H3. The summed E-state index contributed by atoms with van der Waals surface area (Å²) in [5.41, 5.74) is -1.56. The molecule has 0 aliphatic carbocycles. The van der Waals surface area contributed by atoms with Crippen LogP contribution in [0.5, 0.6) is 11.5 Å². The van der Waals surface area contributed by atoms with Gasteiger partial charge in [-0.15, -0.1) is 0 Å². The van der Waals surface area contributed by atoms with Crippen molar-refractivity contribution < 1.29 is 28.9 Å². The van der Waals surface area contributed by atoms with Crippen LogP contribution in [0.1, 0.15) is 26.7 Å². The fraction of sp³-hybridized carbons (Fsp3) is 0.467. The van der Waals surface area contributed by atoms with Crippen LogP contribution in [-0.4, -0.2) is 36.4 Å². The molecule has 0 bridgehead atoms. The predicted octanol–water partition coefficient (Wildman–Crippen LogP) is 1.69. The SMILES string of the molecule is CCC(O)(CC)C(=O)OCC(=O)Oc1ccc(OC)cc1. The van der Waals surface area contributed by atoms with Crippen molar-refractivity contribution in [2.75, 3.05) is 13.7 Å². The highest BCUT2D eigenvalue weighted by Crippen LogP contribution is 2.18. The molecule has 1 aromatic rings. The van der Waals surface area contributed by atoms with Crippen molar-refractivity contribution in [3.8, 4) is 11.5 Å². The summed E-state index contributed by atoms with van der Waals surface area (Å²) in [7, 11) is 1.53. The van der Waals surface area contributed by atoms with Crippen LogP contribution in [0.2, 0.25) is 0 Å². The lowest BCUT2D eigenvalue weighted by Crippen LogP contribution is -2.39. The van der Waals surface area contributed by atoms with Crippen LogP contribution in [-0.2, 0) is 14.3 Å². The Hall–Kier alpha value is -2.08. The monoisotopic (exact) mass is 296 g/mol. The zero-order valence-corrected chi connectivity index (χ0v) is 12.4. The van der Waals surface area contributed by atoms with Crippen molar-refractivity contribution in [3.05, 3.63) is 24.3 Å². The highest BCUT2D eigenvalue weighted by Gasteiger charge is 2.34. The first kappa shape index (κ1) is 17.0. The molecule has 0 heterocycles. The summed E-state index contributed by atoms with van der Waals surface area (Å²) in [4.78, 5) is 23.2. The van der Waals surface area contributed by atoms with Crippen molar-refractivity contribution in [1.82, 2.24) is 0 Å². The molecule has 0 aliphatic rings. The number of hydrogen-bond donors (Lipinski definition) is 1. The molecule has 1 rings (SSSR count). The van der Waals surface area contributed by atoms with Crippen molar-refractivity contribution >= 4 is 11.9 Å². The second-order valence-electron chi connectivity index (χ2n) is 4.46. The number of hydrogen-bond acceptors (Lipinski definition) is 6. The number of aliphatic hydroxyl groups is 1. The molecular weight excluding hydrogens is 276 g/mol. The molecule has 1 N–H and O–H groups in total. The van der Waals surface area contributed by atoms with Crippen molar-refractivity contribution in [3.63, 3.8) is 0 Å². The Labute approximate surface area is 123 Å². The molecule has 0 amide bonds. The highest BCUT2D eigenvalue weighted by atomic mass is 16.6. The largest absolute Gasteiger partial charge is 0.497 e. The van der Waals surface area contributed by atoms with E-state index in [4.69, 9.17) is 14.2 Å². The summed E-state index contributed by atoms with van der Waals surface area (Å²) >= 11 is 0. The number of carbonyl (C=O) groups excluding carboxylic acids is 2. The van der Waals surface area contributed by atoms with E-state index in [0.717, 1.165) is 0 Å². The summed E-state index contributed by atoms with van der Waals surface area (Å²) in [6.45, 7) is 2.79. The second kappa shape index (κ2) is 7.64. The Balaban J connectivity index is 2.48. The molecule has 0 radical (unpaired) electrons. The van der Waals surface area contributed by atoms with Gasteiger partial charge in [-0.3, -0.25) is 0 Å². The van der Waals surface area contributed by atoms with E-state index in [0.29, 0.717) is 11.5 Å². The lowest BCUT2D eigenvalue weighted by Gasteiger charge is -2.22. The number of esters is 2. The van der Waals surface area contributed by atoms with Gasteiger partial charge in [0.1, 0.15) is 11.5 Å². The van der Waals surface area contributed by atoms with Crippen LogP contribution in [0.15, 0.2) is 24.3 Å². The second-order valence-corrected chi connectivity index (χ2v) is 4.46. The summed E-state index contributed by atoms with van der Waals surface area (Å²) in [5.74, 6) is -0.586. The van der Waals surface area contributed by atoms with E-state index in [1.54, 1.807) is 38.1 Å². The van der Waals surface area contributed by atoms with Gasteiger partial charge in [0.2, 0.25) is 0 Å². The van der Waals surface area contributed by atoms with Crippen molar-refractivity contribution in [2.24, 2.45) is 0 Å². The van der Waals surface area contributed by atoms with Crippen molar-refractivity contribution in [2.45, 2.75) is 32.3 Å². The molecule has 0 aromatic heterocycles. The quantitative estimate of drug-likeness (QED) is 0.609. The minimum atomic E-state index is -1.56. The van der Waals surface area contributed by atoms with Crippen LogP contribution in [0.3, 0.4) is 0 Å². The molecule has 0 saturated carbocycles. The topological polar surface area (TPSA) is 82.1 Å². The lowest BCUT2D eigenvalue weighted by atomic mass is 9.98. The van der Waals surface area contributed by atoms with Crippen LogP contribution in [0.25, 0.3) is 0 Å². The zero-order chi connectivity index (χ0) is 15.9. The first-order valence-corrected chi connectivity index (χ1v) is 6.69. The number of ether oxygens (including phenoxy) is 3. The van der Waals surface area contributed by atoms with E-state index in [2.05, 4.69) is 0 Å². The number of rotatable bonds is 7. The van der Waals surface area contributed by atoms with Gasteiger partial charge in [-0.25, -0.2) is 9.59 Å². The first-order valence-electron chi connectivity index (χ1n) is 6.69. The Kier molecular flexibility index (Phi) is 6.17. The van der Waals surface area contributed by atoms with Gasteiger partial charge in [-0.05, 0) is 37.1 Å². The van der Waals surface area contributed by atoms with Crippen LogP contribution in [0.4, 0.5) is 0 Å². The average Bonchev–Trinajstić information content (AvgIpc) is 2.52. The first-order chi connectivity index (χ1) is 9.95. The van der Waals surface area contributed by atoms with Gasteiger partial charge in [0.15, 0.2) is 12.2 Å². The third-order valence-corrected chi connectivity index (χ3v) is 3.16. The van der Waals surface area contributed by atoms with E-state index in [9.17, 15) is 14.7 Å². The molecule has 0 spiro atoms. The molecule has 0 saturated heterocycles. The third-order valence-electron chi connectivity index (χ3n) is 3.16. The third kappa shape index (κ3) is 4.75. The van der Waals surface area contributed by atoms with Gasteiger partial charge >= 0.3 is 11.9 Å². The van der Waals surface area contributed by atoms with E-state index in [-0.39, 0.29) is 12.8 Å². The summed E-state index contributed by atoms with van der Waals surface area (Å²) < 4.78 is 14.7. The van der Waals surface area contributed by atoms with E-state index < -0.39 is 24.1 Å². The maximum absolute atomic E-state index is 11.7. The summed E-state index contributed by atoms with van der Waals surface area (Å²) in [6, 6.07) is 6.41. The van der Waals surface area contributed by atoms with Gasteiger partial charge in [-0.1, -0.05) is 13.8 Å². The maximum atomic E-state index is 11.7. The average molecular weight is 296 g/mol. The normalized spacial score (nSPS) is 10.9. The fourth-order valence-electron chi connectivity index (χ4n) is 1.60. The molecular formula is C15H20O6. The van der Waals surface area contributed by atoms with Gasteiger partial charge in [0, 0.05) is 0 Å².